The molecule has 154 valence electrons. The van der Waals surface area contributed by atoms with Crippen LogP contribution in [-0.2, 0) is 4.74 Å². The Kier molecular flexibility index (Phi) is 5.96. The van der Waals surface area contributed by atoms with E-state index >= 15 is 0 Å². The molecule has 1 aliphatic rings. The minimum Gasteiger partial charge on any atom is -0.379 e. The number of thiazole rings is 2. The Balaban J connectivity index is 1.67. The summed E-state index contributed by atoms with van der Waals surface area (Å²) in [6.45, 7) is 12.8. The molecule has 8 heteroatoms. The summed E-state index contributed by atoms with van der Waals surface area (Å²) in [5.41, 5.74) is 4.21. The topological polar surface area (TPSA) is 58.6 Å². The molecule has 3 aromatic rings. The van der Waals surface area contributed by atoms with Crippen LogP contribution in [0.5, 0.6) is 0 Å². The van der Waals surface area contributed by atoms with Crippen LogP contribution in [0.1, 0.15) is 31.5 Å². The predicted molar refractivity (Wildman–Crippen MR) is 120 cm³/mol. The SMILES string of the molecule is Cc1nc(C)c(C(=O)N(CCN2CCOCC2)c2nc3cc(C)c(C)cc3s2)s1. The standard InChI is InChI=1S/C21H26N4O2S2/c1-13-11-17-18(12-14(13)2)29-21(23-17)25(6-5-24-7-9-27-10-8-24)20(26)19-15(3)22-16(4)28-19/h11-12H,5-10H2,1-4H3. The number of nitrogens with zero attached hydrogens (tertiary/aromatic N) is 4. The number of morpholine rings is 1. The molecular formula is C21H26N4O2S2. The zero-order chi connectivity index (χ0) is 20.5. The van der Waals surface area contributed by atoms with Crippen molar-refractivity contribution in [2.45, 2.75) is 27.7 Å². The van der Waals surface area contributed by atoms with Crippen LogP contribution in [0.4, 0.5) is 5.13 Å². The van der Waals surface area contributed by atoms with Gasteiger partial charge in [-0.1, -0.05) is 11.3 Å². The van der Waals surface area contributed by atoms with Crippen LogP contribution in [0, 0.1) is 27.7 Å². The van der Waals surface area contributed by atoms with E-state index in [-0.39, 0.29) is 5.91 Å². The number of benzene rings is 1. The minimum atomic E-state index is -0.00569. The van der Waals surface area contributed by atoms with E-state index in [9.17, 15) is 4.79 Å². The lowest BCUT2D eigenvalue weighted by Crippen LogP contribution is -2.43. The van der Waals surface area contributed by atoms with E-state index in [0.717, 1.165) is 58.9 Å². The van der Waals surface area contributed by atoms with E-state index in [4.69, 9.17) is 9.72 Å². The molecule has 0 radical (unpaired) electrons. The number of ether oxygens (including phenoxy) is 1. The van der Waals surface area contributed by atoms with Crippen molar-refractivity contribution in [1.82, 2.24) is 14.9 Å². The predicted octanol–water partition coefficient (Wildman–Crippen LogP) is 3.97. The number of carbonyl (C=O) groups is 1. The van der Waals surface area contributed by atoms with Crippen LogP contribution < -0.4 is 4.90 Å². The van der Waals surface area contributed by atoms with Crippen LogP contribution in [0.15, 0.2) is 12.1 Å². The van der Waals surface area contributed by atoms with E-state index in [0.29, 0.717) is 11.4 Å². The van der Waals surface area contributed by atoms with Crippen molar-refractivity contribution in [3.63, 3.8) is 0 Å². The average Bonchev–Trinajstić information content (AvgIpc) is 3.25. The molecule has 2 aromatic heterocycles. The molecule has 1 fully saturated rings. The van der Waals surface area contributed by atoms with Gasteiger partial charge in [0.2, 0.25) is 0 Å². The van der Waals surface area contributed by atoms with E-state index < -0.39 is 0 Å². The van der Waals surface area contributed by atoms with Crippen molar-refractivity contribution in [3.05, 3.63) is 38.8 Å². The molecule has 0 bridgehead atoms. The second-order valence-corrected chi connectivity index (χ2v) is 9.67. The number of aryl methyl sites for hydroxylation is 4. The Morgan fingerprint density at radius 1 is 1.10 bits per heavy atom. The Labute approximate surface area is 179 Å². The fourth-order valence-corrected chi connectivity index (χ4v) is 5.42. The number of aromatic nitrogens is 2. The Morgan fingerprint density at radius 2 is 1.83 bits per heavy atom. The first-order valence-electron chi connectivity index (χ1n) is 9.86. The Morgan fingerprint density at radius 3 is 2.52 bits per heavy atom. The van der Waals surface area contributed by atoms with Crippen molar-refractivity contribution < 1.29 is 9.53 Å². The molecule has 3 heterocycles. The van der Waals surface area contributed by atoms with Gasteiger partial charge in [0.05, 0.1) is 34.1 Å². The van der Waals surface area contributed by atoms with Crippen molar-refractivity contribution in [2.24, 2.45) is 0 Å². The molecule has 6 nitrogen and oxygen atoms in total. The minimum absolute atomic E-state index is 0.00569. The monoisotopic (exact) mass is 430 g/mol. The largest absolute Gasteiger partial charge is 0.379 e. The summed E-state index contributed by atoms with van der Waals surface area (Å²) < 4.78 is 6.56. The van der Waals surface area contributed by atoms with Gasteiger partial charge in [-0.15, -0.1) is 11.3 Å². The van der Waals surface area contributed by atoms with Gasteiger partial charge in [-0.25, -0.2) is 9.97 Å². The van der Waals surface area contributed by atoms with Crippen molar-refractivity contribution in [1.29, 1.82) is 0 Å². The van der Waals surface area contributed by atoms with Gasteiger partial charge in [0.15, 0.2) is 5.13 Å². The molecule has 1 amide bonds. The zero-order valence-electron chi connectivity index (χ0n) is 17.3. The van der Waals surface area contributed by atoms with Gasteiger partial charge < -0.3 is 4.74 Å². The number of fused-ring (bicyclic) bond motifs is 1. The first-order chi connectivity index (χ1) is 13.9. The number of rotatable bonds is 5. The number of carbonyl (C=O) groups excluding carboxylic acids is 1. The lowest BCUT2D eigenvalue weighted by Gasteiger charge is -2.29. The maximum Gasteiger partial charge on any atom is 0.272 e. The second kappa shape index (κ2) is 8.47. The summed E-state index contributed by atoms with van der Waals surface area (Å²) in [5, 5.41) is 1.67. The number of anilines is 1. The first-order valence-corrected chi connectivity index (χ1v) is 11.5. The van der Waals surface area contributed by atoms with Crippen LogP contribution in [0.3, 0.4) is 0 Å². The highest BCUT2D eigenvalue weighted by atomic mass is 32.1. The fourth-order valence-electron chi connectivity index (χ4n) is 3.49. The van der Waals surface area contributed by atoms with Gasteiger partial charge in [0.25, 0.3) is 5.91 Å². The van der Waals surface area contributed by atoms with Gasteiger partial charge >= 0.3 is 0 Å². The van der Waals surface area contributed by atoms with E-state index in [1.165, 1.54) is 22.5 Å². The van der Waals surface area contributed by atoms with Crippen LogP contribution in [0.25, 0.3) is 10.2 Å². The second-order valence-electron chi connectivity index (χ2n) is 7.46. The fraction of sp³-hybridized carbons (Fsp3) is 0.476. The highest BCUT2D eigenvalue weighted by Gasteiger charge is 2.26. The maximum absolute atomic E-state index is 13.5. The van der Waals surface area contributed by atoms with Gasteiger partial charge in [-0.3, -0.25) is 14.6 Å². The third-order valence-electron chi connectivity index (χ3n) is 5.31. The van der Waals surface area contributed by atoms with E-state index in [1.807, 2.05) is 18.7 Å². The van der Waals surface area contributed by atoms with Crippen LogP contribution >= 0.6 is 22.7 Å². The summed E-state index contributed by atoms with van der Waals surface area (Å²) in [5.74, 6) is -0.00569. The Hall–Kier alpha value is -1.87. The first kappa shape index (κ1) is 20.4. The van der Waals surface area contributed by atoms with Crippen LogP contribution in [0.2, 0.25) is 0 Å². The van der Waals surface area contributed by atoms with Crippen LogP contribution in [-0.4, -0.2) is 60.2 Å². The number of hydrogen-bond acceptors (Lipinski definition) is 7. The molecule has 0 atom stereocenters. The van der Waals surface area contributed by atoms with Gasteiger partial charge in [-0.2, -0.15) is 0 Å². The average molecular weight is 431 g/mol. The third-order valence-corrected chi connectivity index (χ3v) is 7.41. The number of amides is 1. The molecule has 0 spiro atoms. The summed E-state index contributed by atoms with van der Waals surface area (Å²) >= 11 is 3.05. The molecule has 1 aliphatic heterocycles. The summed E-state index contributed by atoms with van der Waals surface area (Å²) in [7, 11) is 0. The summed E-state index contributed by atoms with van der Waals surface area (Å²) in [6, 6.07) is 4.27. The maximum atomic E-state index is 13.5. The van der Waals surface area contributed by atoms with Gasteiger partial charge in [-0.05, 0) is 51.0 Å². The van der Waals surface area contributed by atoms with Crippen molar-refractivity contribution in [3.8, 4) is 0 Å². The zero-order valence-corrected chi connectivity index (χ0v) is 19.0. The molecule has 1 saturated heterocycles. The molecular weight excluding hydrogens is 404 g/mol. The van der Waals surface area contributed by atoms with E-state index in [2.05, 4.69) is 35.9 Å². The summed E-state index contributed by atoms with van der Waals surface area (Å²) in [6.07, 6.45) is 0. The molecule has 1 aromatic carbocycles. The van der Waals surface area contributed by atoms with Crippen molar-refractivity contribution in [2.75, 3.05) is 44.3 Å². The lowest BCUT2D eigenvalue weighted by molar-refractivity contribution is 0.0391. The lowest BCUT2D eigenvalue weighted by atomic mass is 10.1. The number of hydrogen-bond donors (Lipinski definition) is 0. The molecule has 0 unspecified atom stereocenters. The van der Waals surface area contributed by atoms with Crippen molar-refractivity contribution >= 4 is 43.9 Å². The molecule has 0 aliphatic carbocycles. The Bertz CT molecular complexity index is 998. The van der Waals surface area contributed by atoms with E-state index in [1.54, 1.807) is 11.3 Å². The molecule has 0 saturated carbocycles. The molecule has 0 N–H and O–H groups in total. The quantitative estimate of drug-likeness (QED) is 0.613. The van der Waals surface area contributed by atoms with Gasteiger partial charge in [0.1, 0.15) is 4.88 Å². The highest BCUT2D eigenvalue weighted by molar-refractivity contribution is 7.22. The molecule has 29 heavy (non-hydrogen) atoms. The molecule has 4 rings (SSSR count). The third kappa shape index (κ3) is 4.35. The highest BCUT2D eigenvalue weighted by Crippen LogP contribution is 2.32. The van der Waals surface area contributed by atoms with Gasteiger partial charge in [0, 0.05) is 26.2 Å². The normalized spacial score (nSPS) is 15.2. The smallest absolute Gasteiger partial charge is 0.272 e. The summed E-state index contributed by atoms with van der Waals surface area (Å²) in [4.78, 5) is 27.6.